The minimum atomic E-state index is -1.04. The van der Waals surface area contributed by atoms with Crippen molar-refractivity contribution >= 4 is 42.4 Å². The van der Waals surface area contributed by atoms with Crippen LogP contribution in [0.5, 0.6) is 0 Å². The number of aromatic carboxylic acids is 1. The molecule has 7 aromatic rings. The van der Waals surface area contributed by atoms with Gasteiger partial charge in [-0.3, -0.25) is 4.98 Å². The summed E-state index contributed by atoms with van der Waals surface area (Å²) in [5, 5.41) is 9.71. The Hall–Kier alpha value is -4.62. The summed E-state index contributed by atoms with van der Waals surface area (Å²) in [7, 11) is 0. The standard InChI is InChI=1S/C27H36N2.C15H10N2O3.C5H3ClN.2ClH.Pd/c1-18(2)22-11-9-12-23(19(3)4)26(22)28-15-16-29(17-28)27-24(20(5)6)13-10-14-25(27)21(7)8;18-15(19)11-7-4-8-16-13(11)12-9-20-14(17-12)10-5-2-1-3-6-10;6-5-2-1-3-7-4-5;;;/h9-16,18-21H,1-8H3;1-9H,(H,18,19);1-3H;2*1H;/q;;-1;;;. The minimum absolute atomic E-state index is 0. The van der Waals surface area contributed by atoms with Crippen LogP contribution in [0.2, 0.25) is 5.02 Å². The Morgan fingerprint density at radius 1 is 0.695 bits per heavy atom. The summed E-state index contributed by atoms with van der Waals surface area (Å²) >= 11 is 9.06. The van der Waals surface area contributed by atoms with Crippen LogP contribution in [0.25, 0.3) is 34.2 Å². The number of benzene rings is 3. The van der Waals surface area contributed by atoms with E-state index < -0.39 is 5.97 Å². The molecule has 0 radical (unpaired) electrons. The first-order chi connectivity index (χ1) is 27.3. The maximum absolute atomic E-state index is 11.2. The second kappa shape index (κ2) is 22.7. The monoisotopic (exact) mass is 944 g/mol. The Labute approximate surface area is 375 Å². The number of halogens is 3. The number of carboxylic acid groups (broad SMARTS) is 1. The fourth-order valence-electron chi connectivity index (χ4n) is 6.45. The average Bonchev–Trinajstić information content (AvgIpc) is 3.85. The zero-order valence-corrected chi connectivity index (χ0v) is 38.3. The third-order valence-electron chi connectivity index (χ3n) is 9.28. The van der Waals surface area contributed by atoms with E-state index in [1.165, 1.54) is 52.2 Å². The van der Waals surface area contributed by atoms with Crippen molar-refractivity contribution in [2.24, 2.45) is 0 Å². The van der Waals surface area contributed by atoms with Crippen LogP contribution in [0, 0.1) is 10.1 Å². The number of nitrogens with zero attached hydrogens (tertiary/aromatic N) is 5. The second-order valence-corrected chi connectivity index (χ2v) is 15.8. The number of rotatable bonds is 9. The van der Waals surface area contributed by atoms with Crippen LogP contribution in [-0.4, -0.2) is 35.2 Å². The zero-order chi connectivity index (χ0) is 41.2. The zero-order valence-electron chi connectivity index (χ0n) is 34.4. The summed E-state index contributed by atoms with van der Waals surface area (Å²) < 4.78 is 11.2. The molecule has 0 aliphatic heterocycles. The van der Waals surface area contributed by atoms with Crippen molar-refractivity contribution in [1.82, 2.24) is 24.1 Å². The van der Waals surface area contributed by atoms with E-state index in [0.717, 1.165) is 9.45 Å². The molecule has 0 spiro atoms. The number of oxazole rings is 1. The van der Waals surface area contributed by atoms with Crippen LogP contribution in [0.1, 0.15) is 112 Å². The van der Waals surface area contributed by atoms with Gasteiger partial charge in [-0.05, 0) is 24.3 Å². The van der Waals surface area contributed by atoms with Gasteiger partial charge >= 0.3 is 199 Å². The van der Waals surface area contributed by atoms with Crippen molar-refractivity contribution in [3.8, 4) is 34.2 Å². The Balaban J connectivity index is 0.000000275. The molecular formula is C47H51Cl3N5O3Pd-. The molecule has 0 unspecified atom stereocenters. The van der Waals surface area contributed by atoms with E-state index in [4.69, 9.17) is 21.1 Å². The Bertz CT molecular complexity index is 2320. The van der Waals surface area contributed by atoms with Gasteiger partial charge in [-0.15, -0.1) is 42.5 Å². The summed E-state index contributed by atoms with van der Waals surface area (Å²) in [6, 6.07) is 29.4. The number of carbonyl (C=O) groups is 1. The molecule has 0 saturated heterocycles. The molecule has 4 heterocycles. The molecule has 0 amide bonds. The van der Waals surface area contributed by atoms with E-state index in [0.29, 0.717) is 46.0 Å². The topological polar surface area (TPSA) is 99.0 Å². The molecule has 8 nitrogen and oxygen atoms in total. The van der Waals surface area contributed by atoms with Crippen molar-refractivity contribution in [1.29, 1.82) is 0 Å². The van der Waals surface area contributed by atoms with Crippen molar-refractivity contribution in [2.75, 3.05) is 0 Å². The summed E-state index contributed by atoms with van der Waals surface area (Å²) in [6.45, 7) is 18.2. The average molecular weight is 947 g/mol. The van der Waals surface area contributed by atoms with Gasteiger partial charge in [0.2, 0.25) is 5.89 Å². The largest absolute Gasteiger partial charge is 0.478 e. The van der Waals surface area contributed by atoms with E-state index in [1.807, 2.05) is 30.3 Å². The van der Waals surface area contributed by atoms with Gasteiger partial charge in [0.05, 0.1) is 5.56 Å². The van der Waals surface area contributed by atoms with Gasteiger partial charge in [-0.1, -0.05) is 35.6 Å². The van der Waals surface area contributed by atoms with Gasteiger partial charge in [0.15, 0.2) is 0 Å². The molecule has 12 heteroatoms. The van der Waals surface area contributed by atoms with Gasteiger partial charge in [0.1, 0.15) is 17.7 Å². The van der Waals surface area contributed by atoms with Crippen molar-refractivity contribution in [3.05, 3.63) is 165 Å². The molecule has 0 saturated carbocycles. The summed E-state index contributed by atoms with van der Waals surface area (Å²) in [5.74, 6) is 1.22. The van der Waals surface area contributed by atoms with Crippen LogP contribution >= 0.6 is 36.4 Å². The van der Waals surface area contributed by atoms with Crippen LogP contribution in [0.3, 0.4) is 0 Å². The predicted molar refractivity (Wildman–Crippen MR) is 239 cm³/mol. The van der Waals surface area contributed by atoms with Gasteiger partial charge in [0, 0.05) is 11.8 Å². The van der Waals surface area contributed by atoms with E-state index in [1.54, 1.807) is 24.4 Å². The molecular weight excluding hydrogens is 895 g/mol. The number of aromatic nitrogens is 5. The van der Waals surface area contributed by atoms with Gasteiger partial charge in [-0.25, -0.2) is 9.78 Å². The first-order valence-electron chi connectivity index (χ1n) is 19.0. The molecule has 59 heavy (non-hydrogen) atoms. The Morgan fingerprint density at radius 3 is 1.59 bits per heavy atom. The van der Waals surface area contributed by atoms with Gasteiger partial charge in [-0.2, -0.15) is 6.07 Å². The SMILES string of the molecule is CC(C)c1cccc(C(C)C)c1-n1ccn(-c2c(C(C)C)cccc2C(C)C)[c]1=[Pd].Cl.Cl.Clc1[c-]nccc1.O=C(O)c1cccnc1-c1coc(-c2ccccc2)n1. The molecule has 0 fully saturated rings. The first kappa shape index (κ1) is 48.7. The molecule has 0 atom stereocenters. The molecule has 7 rings (SSSR count). The van der Waals surface area contributed by atoms with Crippen molar-refractivity contribution in [2.45, 2.75) is 79.1 Å². The molecule has 3 aromatic carbocycles. The third-order valence-corrected chi connectivity index (χ3v) is 10.2. The Kier molecular flexibility index (Phi) is 18.7. The van der Waals surface area contributed by atoms with Crippen molar-refractivity contribution in [3.63, 3.8) is 0 Å². The maximum Gasteiger partial charge on any atom is 0.337 e. The second-order valence-electron chi connectivity index (χ2n) is 14.7. The molecule has 314 valence electrons. The number of carboxylic acids is 1. The molecule has 4 aromatic heterocycles. The van der Waals surface area contributed by atoms with E-state index in [9.17, 15) is 4.79 Å². The summed E-state index contributed by atoms with van der Waals surface area (Å²) in [5.41, 5.74) is 9.80. The number of imidazole rings is 1. The van der Waals surface area contributed by atoms with Crippen LogP contribution in [0.15, 0.2) is 126 Å². The fraction of sp³-hybridized carbons (Fsp3) is 0.255. The molecule has 0 bridgehead atoms. The third kappa shape index (κ3) is 12.0. The predicted octanol–water partition coefficient (Wildman–Crippen LogP) is 13.3. The summed E-state index contributed by atoms with van der Waals surface area (Å²) in [4.78, 5) is 23.2. The maximum atomic E-state index is 11.2. The van der Waals surface area contributed by atoms with E-state index in [2.05, 4.69) is 153 Å². The van der Waals surface area contributed by atoms with Crippen molar-refractivity contribution < 1.29 is 33.1 Å². The smallest absolute Gasteiger partial charge is 0.337 e. The minimum Gasteiger partial charge on any atom is -0.478 e. The van der Waals surface area contributed by atoms with Crippen LogP contribution in [-0.2, 0) is 18.7 Å². The Morgan fingerprint density at radius 2 is 1.19 bits per heavy atom. The molecule has 1 N–H and O–H groups in total. The molecule has 0 aliphatic rings. The fourth-order valence-corrected chi connectivity index (χ4v) is 7.15. The number of pyridine rings is 2. The summed E-state index contributed by atoms with van der Waals surface area (Å²) in [6.07, 6.45) is 11.5. The van der Waals surface area contributed by atoms with Gasteiger partial charge < -0.3 is 14.5 Å². The number of para-hydroxylation sites is 2. The normalized spacial score (nSPS) is 10.7. The van der Waals surface area contributed by atoms with Gasteiger partial charge in [0.25, 0.3) is 0 Å². The quantitative estimate of drug-likeness (QED) is 0.114. The molecule has 0 aliphatic carbocycles. The van der Waals surface area contributed by atoms with Crippen LogP contribution in [0.4, 0.5) is 0 Å². The number of hydrogen-bond donors (Lipinski definition) is 1. The van der Waals surface area contributed by atoms with Crippen LogP contribution < -0.4 is 0 Å². The number of hydrogen-bond acceptors (Lipinski definition) is 5. The first-order valence-corrected chi connectivity index (χ1v) is 20.1. The van der Waals surface area contributed by atoms with E-state index >= 15 is 0 Å². The van der Waals surface area contributed by atoms with E-state index in [-0.39, 0.29) is 30.4 Å².